The lowest BCUT2D eigenvalue weighted by atomic mass is 10.4. The topological polar surface area (TPSA) is 29.5 Å². The number of allylic oxidation sites excluding steroid dienone is 2. The van der Waals surface area contributed by atoms with Gasteiger partial charge in [-0.3, -0.25) is 4.79 Å². The summed E-state index contributed by atoms with van der Waals surface area (Å²) < 4.78 is 5.65. The molecule has 0 fully saturated rings. The van der Waals surface area contributed by atoms with E-state index < -0.39 is 0 Å². The third kappa shape index (κ3) is 4.18. The van der Waals surface area contributed by atoms with Gasteiger partial charge in [0.2, 0.25) is 0 Å². The zero-order chi connectivity index (χ0) is 9.56. The number of hydrogen-bond donors (Lipinski definition) is 0. The Hall–Kier alpha value is -0.770. The fourth-order valence-corrected chi connectivity index (χ4v) is 0.960. The molecule has 12 heavy (non-hydrogen) atoms. The van der Waals surface area contributed by atoms with Crippen molar-refractivity contribution in [3.63, 3.8) is 0 Å². The van der Waals surface area contributed by atoms with Crippen LogP contribution in [0, 0.1) is 0 Å². The van der Waals surface area contributed by atoms with Crippen molar-refractivity contribution in [1.82, 2.24) is 4.90 Å². The van der Waals surface area contributed by atoms with Crippen LogP contribution in [0.3, 0.4) is 0 Å². The number of carbonyl (C=O) groups excluding carboxylic acids is 1. The average molecular weight is 234 g/mol. The Bertz CT molecular complexity index is 209. The molecule has 0 aromatic rings. The Labute approximate surface area is 80.8 Å². The van der Waals surface area contributed by atoms with E-state index in [1.165, 1.54) is 6.08 Å². The molecule has 0 unspecified atom stereocenters. The van der Waals surface area contributed by atoms with Crippen molar-refractivity contribution in [3.8, 4) is 0 Å². The second-order valence-electron chi connectivity index (χ2n) is 2.31. The zero-order valence-electron chi connectivity index (χ0n) is 7.37. The van der Waals surface area contributed by atoms with Gasteiger partial charge in [-0.1, -0.05) is 0 Å². The Morgan fingerprint density at radius 2 is 2.08 bits per heavy atom. The molecular formula is C8H12BrNO2. The number of nitrogens with zero attached hydrogens (tertiary/aromatic N) is 1. The first kappa shape index (κ1) is 11.2. The predicted octanol–water partition coefficient (Wildman–Crippen LogP) is 1.51. The van der Waals surface area contributed by atoms with Crippen LogP contribution in [-0.4, -0.2) is 32.4 Å². The van der Waals surface area contributed by atoms with Crippen LogP contribution in [-0.2, 0) is 9.53 Å². The molecule has 0 aliphatic rings. The van der Waals surface area contributed by atoms with Crippen LogP contribution in [0.4, 0.5) is 0 Å². The summed E-state index contributed by atoms with van der Waals surface area (Å²) in [6.07, 6.45) is 3.86. The van der Waals surface area contributed by atoms with E-state index in [-0.39, 0.29) is 0 Å². The molecule has 0 bridgehead atoms. The fraction of sp³-hybridized carbons (Fsp3) is 0.375. The zero-order valence-corrected chi connectivity index (χ0v) is 8.96. The smallest absolute Gasteiger partial charge is 0.148 e. The molecule has 0 heterocycles. The predicted molar refractivity (Wildman–Crippen MR) is 51.9 cm³/mol. The monoisotopic (exact) mass is 233 g/mol. The van der Waals surface area contributed by atoms with E-state index in [2.05, 4.69) is 15.9 Å². The van der Waals surface area contributed by atoms with Gasteiger partial charge < -0.3 is 9.64 Å². The van der Waals surface area contributed by atoms with Gasteiger partial charge in [0.1, 0.15) is 12.0 Å². The normalized spacial score (nSPS) is 12.7. The molecule has 0 N–H and O–H groups in total. The number of carbonyl (C=O) groups is 1. The van der Waals surface area contributed by atoms with Crippen LogP contribution in [0.25, 0.3) is 0 Å². The van der Waals surface area contributed by atoms with E-state index >= 15 is 0 Å². The van der Waals surface area contributed by atoms with Gasteiger partial charge in [-0.2, -0.15) is 0 Å². The van der Waals surface area contributed by atoms with Gasteiger partial charge in [-0.05, 0) is 22.0 Å². The Kier molecular flexibility index (Phi) is 5.45. The van der Waals surface area contributed by atoms with Gasteiger partial charge in [0, 0.05) is 20.3 Å². The largest absolute Gasteiger partial charge is 0.494 e. The summed E-state index contributed by atoms with van der Waals surface area (Å²) >= 11 is 3.20. The average Bonchev–Trinajstić information content (AvgIpc) is 2.00. The van der Waals surface area contributed by atoms with Crippen LogP contribution in [0.2, 0.25) is 0 Å². The lowest BCUT2D eigenvalue weighted by Crippen LogP contribution is -2.04. The lowest BCUT2D eigenvalue weighted by molar-refractivity contribution is -0.104. The Morgan fingerprint density at radius 1 is 1.50 bits per heavy atom. The van der Waals surface area contributed by atoms with Crippen LogP contribution >= 0.6 is 15.9 Å². The molecule has 0 saturated carbocycles. The summed E-state index contributed by atoms with van der Waals surface area (Å²) in [6, 6.07) is 0. The highest BCUT2D eigenvalue weighted by Crippen LogP contribution is 2.16. The summed E-state index contributed by atoms with van der Waals surface area (Å²) in [5.74, 6) is 0.618. The Balaban J connectivity index is 4.55. The fourth-order valence-electron chi connectivity index (χ4n) is 0.588. The summed E-state index contributed by atoms with van der Waals surface area (Å²) in [6.45, 7) is 0. The molecular weight excluding hydrogens is 222 g/mol. The molecule has 3 nitrogen and oxygen atoms in total. The van der Waals surface area contributed by atoms with E-state index in [9.17, 15) is 4.79 Å². The quantitative estimate of drug-likeness (QED) is 0.319. The third-order valence-electron chi connectivity index (χ3n) is 1.05. The number of methoxy groups -OCH3 is 1. The van der Waals surface area contributed by atoms with Crippen LogP contribution in [0.5, 0.6) is 0 Å². The molecule has 0 rings (SSSR count). The third-order valence-corrected chi connectivity index (χ3v) is 1.70. The standard InChI is InChI=1S/C8H12BrNO2/c1-10(2)6-8(12-3)7(9)4-5-11/h4-6H,1-3H3/b7-4+,8-6+. The number of ether oxygens (including phenoxy) is 1. The van der Waals surface area contributed by atoms with Crippen molar-refractivity contribution in [1.29, 1.82) is 0 Å². The highest BCUT2D eigenvalue weighted by molar-refractivity contribution is 9.12. The van der Waals surface area contributed by atoms with Gasteiger partial charge in [0.25, 0.3) is 0 Å². The molecule has 0 spiro atoms. The summed E-state index contributed by atoms with van der Waals surface area (Å²) in [4.78, 5) is 12.0. The van der Waals surface area contributed by atoms with Crippen molar-refractivity contribution < 1.29 is 9.53 Å². The molecule has 0 amide bonds. The summed E-state index contributed by atoms with van der Waals surface area (Å²) in [5.41, 5.74) is 0. The van der Waals surface area contributed by atoms with Crippen molar-refractivity contribution in [2.75, 3.05) is 21.2 Å². The van der Waals surface area contributed by atoms with E-state index in [1.807, 2.05) is 19.0 Å². The van der Waals surface area contributed by atoms with Crippen LogP contribution < -0.4 is 0 Å². The van der Waals surface area contributed by atoms with Gasteiger partial charge in [-0.15, -0.1) is 0 Å². The highest BCUT2D eigenvalue weighted by atomic mass is 79.9. The Morgan fingerprint density at radius 3 is 2.42 bits per heavy atom. The molecule has 0 saturated heterocycles. The van der Waals surface area contributed by atoms with Gasteiger partial charge in [0.05, 0.1) is 11.6 Å². The number of halogens is 1. The minimum absolute atomic E-state index is 0.618. The molecule has 0 atom stereocenters. The van der Waals surface area contributed by atoms with Crippen LogP contribution in [0.1, 0.15) is 0 Å². The number of rotatable bonds is 4. The summed E-state index contributed by atoms with van der Waals surface area (Å²) in [7, 11) is 5.30. The van der Waals surface area contributed by atoms with E-state index in [0.29, 0.717) is 16.5 Å². The maximum atomic E-state index is 10.1. The van der Waals surface area contributed by atoms with Crippen molar-refractivity contribution in [2.45, 2.75) is 0 Å². The minimum Gasteiger partial charge on any atom is -0.494 e. The van der Waals surface area contributed by atoms with Crippen molar-refractivity contribution >= 4 is 22.2 Å². The summed E-state index contributed by atoms with van der Waals surface area (Å²) in [5, 5.41) is 0. The lowest BCUT2D eigenvalue weighted by Gasteiger charge is -2.09. The van der Waals surface area contributed by atoms with Crippen molar-refractivity contribution in [3.05, 3.63) is 22.5 Å². The maximum Gasteiger partial charge on any atom is 0.148 e. The first-order chi connectivity index (χ1) is 5.61. The second kappa shape index (κ2) is 5.83. The van der Waals surface area contributed by atoms with Gasteiger partial charge >= 0.3 is 0 Å². The van der Waals surface area contributed by atoms with E-state index in [1.54, 1.807) is 13.3 Å². The minimum atomic E-state index is 0.618. The molecule has 0 aromatic heterocycles. The second-order valence-corrected chi connectivity index (χ2v) is 3.17. The molecule has 4 heteroatoms. The maximum absolute atomic E-state index is 10.1. The molecule has 0 radical (unpaired) electrons. The first-order valence-electron chi connectivity index (χ1n) is 3.35. The molecule has 0 aromatic carbocycles. The SMILES string of the molecule is COC(=C/N(C)C)/C(Br)=C\C=O. The van der Waals surface area contributed by atoms with Gasteiger partial charge in [-0.25, -0.2) is 0 Å². The van der Waals surface area contributed by atoms with E-state index in [4.69, 9.17) is 4.74 Å². The first-order valence-corrected chi connectivity index (χ1v) is 4.14. The number of aldehydes is 1. The van der Waals surface area contributed by atoms with E-state index in [0.717, 1.165) is 0 Å². The van der Waals surface area contributed by atoms with Gasteiger partial charge in [0.15, 0.2) is 0 Å². The van der Waals surface area contributed by atoms with Crippen molar-refractivity contribution in [2.24, 2.45) is 0 Å². The highest BCUT2D eigenvalue weighted by Gasteiger charge is 2.00. The number of hydrogen-bond acceptors (Lipinski definition) is 3. The molecule has 0 aliphatic carbocycles. The molecule has 0 aliphatic heterocycles. The van der Waals surface area contributed by atoms with Crippen LogP contribution in [0.15, 0.2) is 22.5 Å². The molecule has 68 valence electrons.